The summed E-state index contributed by atoms with van der Waals surface area (Å²) in [5, 5.41) is 0.240. The van der Waals surface area contributed by atoms with Gasteiger partial charge in [0.2, 0.25) is 0 Å². The molecule has 3 aromatic rings. The topological polar surface area (TPSA) is 76.4 Å². The fraction of sp³-hybridized carbons (Fsp3) is 0. The molecule has 8 heteroatoms. The molecule has 3 rings (SSSR count). The van der Waals surface area contributed by atoms with Crippen molar-refractivity contribution in [2.75, 3.05) is 4.72 Å². The second-order valence-corrected chi connectivity index (χ2v) is 6.75. The molecule has 1 N–H and O–H groups in total. The smallest absolute Gasteiger partial charge is 0.336 e. The third-order valence-corrected chi connectivity index (χ3v) is 4.75. The number of hydrogen-bond donors (Lipinski definition) is 1. The first-order chi connectivity index (χ1) is 10.9. The summed E-state index contributed by atoms with van der Waals surface area (Å²) >= 11 is 5.63. The molecule has 23 heavy (non-hydrogen) atoms. The van der Waals surface area contributed by atoms with Gasteiger partial charge in [-0.3, -0.25) is 4.72 Å². The van der Waals surface area contributed by atoms with E-state index in [1.807, 2.05) is 0 Å². The van der Waals surface area contributed by atoms with Crippen molar-refractivity contribution in [3.8, 4) is 0 Å². The van der Waals surface area contributed by atoms with E-state index >= 15 is 0 Å². The molecule has 0 radical (unpaired) electrons. The molecule has 2 aromatic carbocycles. The summed E-state index contributed by atoms with van der Waals surface area (Å²) in [6.07, 6.45) is 0. The first kappa shape index (κ1) is 15.5. The zero-order valence-electron chi connectivity index (χ0n) is 11.4. The van der Waals surface area contributed by atoms with Crippen LogP contribution in [0.3, 0.4) is 0 Å². The van der Waals surface area contributed by atoms with Crippen molar-refractivity contribution >= 4 is 38.3 Å². The third kappa shape index (κ3) is 3.06. The number of benzene rings is 2. The SMILES string of the molecule is O=c1ccc2cc(S(=O)(=O)Nc3cccc(Cl)c3F)ccc2o1. The van der Waals surface area contributed by atoms with Crippen LogP contribution in [-0.4, -0.2) is 8.42 Å². The molecule has 5 nitrogen and oxygen atoms in total. The molecule has 0 spiro atoms. The van der Waals surface area contributed by atoms with Gasteiger partial charge in [-0.15, -0.1) is 0 Å². The molecule has 1 heterocycles. The lowest BCUT2D eigenvalue weighted by Crippen LogP contribution is -2.14. The highest BCUT2D eigenvalue weighted by Crippen LogP contribution is 2.25. The van der Waals surface area contributed by atoms with Crippen molar-refractivity contribution in [2.24, 2.45) is 0 Å². The number of hydrogen-bond acceptors (Lipinski definition) is 4. The molecule has 0 aliphatic rings. The van der Waals surface area contributed by atoms with Gasteiger partial charge in [-0.1, -0.05) is 17.7 Å². The Hall–Kier alpha value is -2.38. The lowest BCUT2D eigenvalue weighted by molar-refractivity contribution is 0.560. The van der Waals surface area contributed by atoms with Crippen LogP contribution in [-0.2, 0) is 10.0 Å². The van der Waals surface area contributed by atoms with E-state index in [9.17, 15) is 17.6 Å². The van der Waals surface area contributed by atoms with Gasteiger partial charge in [-0.2, -0.15) is 0 Å². The van der Waals surface area contributed by atoms with Crippen LogP contribution in [0.5, 0.6) is 0 Å². The number of fused-ring (bicyclic) bond motifs is 1. The summed E-state index contributed by atoms with van der Waals surface area (Å²) in [5.41, 5.74) is -0.533. The second kappa shape index (κ2) is 5.68. The highest BCUT2D eigenvalue weighted by atomic mass is 35.5. The number of sulfonamides is 1. The Morgan fingerprint density at radius 2 is 1.87 bits per heavy atom. The monoisotopic (exact) mass is 353 g/mol. The van der Waals surface area contributed by atoms with E-state index in [1.165, 1.54) is 48.5 Å². The van der Waals surface area contributed by atoms with Gasteiger partial charge in [-0.05, 0) is 36.4 Å². The summed E-state index contributed by atoms with van der Waals surface area (Å²) < 4.78 is 45.6. The van der Waals surface area contributed by atoms with Crippen molar-refractivity contribution in [3.63, 3.8) is 0 Å². The van der Waals surface area contributed by atoms with Crippen LogP contribution in [0.25, 0.3) is 11.0 Å². The lowest BCUT2D eigenvalue weighted by atomic mass is 10.2. The van der Waals surface area contributed by atoms with E-state index in [2.05, 4.69) is 4.72 Å². The van der Waals surface area contributed by atoms with Crippen molar-refractivity contribution in [1.29, 1.82) is 0 Å². The Morgan fingerprint density at radius 3 is 2.65 bits per heavy atom. The molecule has 0 amide bonds. The molecule has 0 aliphatic heterocycles. The van der Waals surface area contributed by atoms with E-state index in [0.29, 0.717) is 5.39 Å². The standard InChI is InChI=1S/C15H9ClFNO4S/c16-11-2-1-3-12(15(11)17)18-23(20,21)10-5-6-13-9(8-10)4-7-14(19)22-13/h1-8,18H. The highest BCUT2D eigenvalue weighted by Gasteiger charge is 2.18. The fourth-order valence-corrected chi connectivity index (χ4v) is 3.27. The number of anilines is 1. The Bertz CT molecular complexity index is 1060. The zero-order valence-corrected chi connectivity index (χ0v) is 13.0. The Balaban J connectivity index is 2.04. The van der Waals surface area contributed by atoms with Gasteiger partial charge >= 0.3 is 5.63 Å². The van der Waals surface area contributed by atoms with Crippen LogP contribution in [0.15, 0.2) is 62.6 Å². The largest absolute Gasteiger partial charge is 0.423 e. The van der Waals surface area contributed by atoms with Gasteiger partial charge in [0.05, 0.1) is 15.6 Å². The van der Waals surface area contributed by atoms with Gasteiger partial charge in [0.25, 0.3) is 10.0 Å². The minimum absolute atomic E-state index is 0.0989. The van der Waals surface area contributed by atoms with Gasteiger partial charge in [0.1, 0.15) is 5.58 Å². The van der Waals surface area contributed by atoms with Crippen molar-refractivity contribution < 1.29 is 17.2 Å². The molecule has 0 bridgehead atoms. The molecule has 0 unspecified atom stereocenters. The predicted octanol–water partition coefficient (Wildman–Crippen LogP) is 3.39. The van der Waals surface area contributed by atoms with Crippen LogP contribution < -0.4 is 10.3 Å². The van der Waals surface area contributed by atoms with Gasteiger partial charge in [0, 0.05) is 11.5 Å². The van der Waals surface area contributed by atoms with Crippen LogP contribution >= 0.6 is 11.6 Å². The van der Waals surface area contributed by atoms with Crippen LogP contribution in [0.1, 0.15) is 0 Å². The Kier molecular flexibility index (Phi) is 3.83. The molecule has 0 aliphatic carbocycles. The number of halogens is 2. The van der Waals surface area contributed by atoms with Gasteiger partial charge in [0.15, 0.2) is 5.82 Å². The first-order valence-corrected chi connectivity index (χ1v) is 8.24. The molecule has 0 saturated heterocycles. The average Bonchev–Trinajstić information content (AvgIpc) is 2.51. The molecular formula is C15H9ClFNO4S. The molecule has 0 saturated carbocycles. The summed E-state index contributed by atoms with van der Waals surface area (Å²) in [5.74, 6) is -0.857. The van der Waals surface area contributed by atoms with E-state index in [1.54, 1.807) is 0 Å². The quantitative estimate of drug-likeness (QED) is 0.732. The van der Waals surface area contributed by atoms with Crippen molar-refractivity contribution in [1.82, 2.24) is 0 Å². The van der Waals surface area contributed by atoms with Gasteiger partial charge in [-0.25, -0.2) is 17.6 Å². The second-order valence-electron chi connectivity index (χ2n) is 4.66. The fourth-order valence-electron chi connectivity index (χ4n) is 2.00. The maximum Gasteiger partial charge on any atom is 0.336 e. The zero-order chi connectivity index (χ0) is 16.6. The van der Waals surface area contributed by atoms with Crippen molar-refractivity contribution in [3.05, 3.63) is 69.8 Å². The summed E-state index contributed by atoms with van der Waals surface area (Å²) in [6.45, 7) is 0. The Labute approximate surface area is 135 Å². The molecular weight excluding hydrogens is 345 g/mol. The van der Waals surface area contributed by atoms with Crippen LogP contribution in [0, 0.1) is 5.82 Å². The molecule has 118 valence electrons. The van der Waals surface area contributed by atoms with E-state index < -0.39 is 21.5 Å². The minimum atomic E-state index is -4.02. The third-order valence-electron chi connectivity index (χ3n) is 3.10. The summed E-state index contributed by atoms with van der Waals surface area (Å²) in [6, 6.07) is 10.6. The number of nitrogens with one attached hydrogen (secondary N) is 1. The van der Waals surface area contributed by atoms with E-state index in [-0.39, 0.29) is 21.2 Å². The maximum atomic E-state index is 13.8. The minimum Gasteiger partial charge on any atom is -0.423 e. The first-order valence-electron chi connectivity index (χ1n) is 6.37. The molecule has 0 atom stereocenters. The van der Waals surface area contributed by atoms with Crippen LogP contribution in [0.4, 0.5) is 10.1 Å². The normalized spacial score (nSPS) is 11.6. The van der Waals surface area contributed by atoms with E-state index in [0.717, 1.165) is 0 Å². The number of rotatable bonds is 3. The Morgan fingerprint density at radius 1 is 1.09 bits per heavy atom. The predicted molar refractivity (Wildman–Crippen MR) is 84.7 cm³/mol. The van der Waals surface area contributed by atoms with Gasteiger partial charge < -0.3 is 4.42 Å². The van der Waals surface area contributed by atoms with E-state index in [4.69, 9.17) is 16.0 Å². The van der Waals surface area contributed by atoms with Crippen LogP contribution in [0.2, 0.25) is 5.02 Å². The van der Waals surface area contributed by atoms with Crippen molar-refractivity contribution in [2.45, 2.75) is 4.90 Å². The maximum absolute atomic E-state index is 13.8. The molecule has 0 fully saturated rings. The molecule has 1 aromatic heterocycles. The highest BCUT2D eigenvalue weighted by molar-refractivity contribution is 7.92. The lowest BCUT2D eigenvalue weighted by Gasteiger charge is -2.10. The average molecular weight is 354 g/mol. The summed E-state index contributed by atoms with van der Waals surface area (Å²) in [4.78, 5) is 11.0. The summed E-state index contributed by atoms with van der Waals surface area (Å²) in [7, 11) is -4.02.